The molecule has 0 fully saturated rings. The minimum atomic E-state index is -0.0243. The highest BCUT2D eigenvalue weighted by Crippen LogP contribution is 2.34. The van der Waals surface area contributed by atoms with Gasteiger partial charge in [0, 0.05) is 12.8 Å². The van der Waals surface area contributed by atoms with Gasteiger partial charge >= 0.3 is 0 Å². The molecule has 2 aromatic heterocycles. The molecule has 7 heteroatoms. The lowest BCUT2D eigenvalue weighted by molar-refractivity contribution is -0.119. The second kappa shape index (κ2) is 6.43. The fourth-order valence-corrected chi connectivity index (χ4v) is 2.88. The summed E-state index contributed by atoms with van der Waals surface area (Å²) in [4.78, 5) is 18.8. The summed E-state index contributed by atoms with van der Waals surface area (Å²) in [6.07, 6.45) is 2.20. The molecule has 3 heterocycles. The molecule has 1 amide bonds. The van der Waals surface area contributed by atoms with Crippen molar-refractivity contribution in [3.63, 3.8) is 0 Å². The van der Waals surface area contributed by atoms with Crippen LogP contribution in [0.3, 0.4) is 0 Å². The molecule has 1 aliphatic rings. The zero-order valence-electron chi connectivity index (χ0n) is 13.7. The van der Waals surface area contributed by atoms with E-state index in [0.29, 0.717) is 30.5 Å². The lowest BCUT2D eigenvalue weighted by Crippen LogP contribution is -2.45. The number of para-hydroxylation sites is 2. The number of ether oxygens (including phenoxy) is 1. The van der Waals surface area contributed by atoms with Crippen LogP contribution in [0.1, 0.15) is 19.2 Å². The van der Waals surface area contributed by atoms with Crippen molar-refractivity contribution in [3.8, 4) is 17.3 Å². The number of hydrogen-bond donors (Lipinski definition) is 0. The highest BCUT2D eigenvalue weighted by Gasteiger charge is 2.29. The molecule has 3 aromatic rings. The molecule has 4 rings (SSSR count). The van der Waals surface area contributed by atoms with E-state index < -0.39 is 0 Å². The second-order valence-electron chi connectivity index (χ2n) is 5.88. The molecule has 0 N–H and O–H groups in total. The lowest BCUT2D eigenvalue weighted by Gasteiger charge is -2.35. The number of amides is 1. The summed E-state index contributed by atoms with van der Waals surface area (Å²) in [5.41, 5.74) is 0.799. The Hall–Kier alpha value is -3.09. The predicted octanol–water partition coefficient (Wildman–Crippen LogP) is 3.08. The minimum Gasteiger partial charge on any atom is -0.489 e. The number of rotatable bonds is 4. The Morgan fingerprint density at radius 2 is 2.16 bits per heavy atom. The molecule has 0 aliphatic carbocycles. The Morgan fingerprint density at radius 3 is 3.00 bits per heavy atom. The summed E-state index contributed by atoms with van der Waals surface area (Å²) in [6, 6.07) is 11.0. The van der Waals surface area contributed by atoms with Gasteiger partial charge in [0.25, 0.3) is 0 Å². The van der Waals surface area contributed by atoms with Crippen LogP contribution in [0.2, 0.25) is 0 Å². The number of nitrogens with zero attached hydrogens (tertiary/aromatic N) is 3. The standard InChI is InChI=1S/C18H17N3O4/c1-12-11-24-14-6-3-2-5-13(14)21(12)17(22)9-8-16-19-18(20-25-16)15-7-4-10-23-15/h2-7,10,12H,8-9,11H2,1H3/t12-/m1/s1. The summed E-state index contributed by atoms with van der Waals surface area (Å²) in [5.74, 6) is 2.07. The van der Waals surface area contributed by atoms with Gasteiger partial charge in [-0.1, -0.05) is 17.3 Å². The maximum atomic E-state index is 12.7. The highest BCUT2D eigenvalue weighted by molar-refractivity contribution is 5.96. The van der Waals surface area contributed by atoms with Gasteiger partial charge in [0.1, 0.15) is 12.4 Å². The molecule has 0 saturated heterocycles. The normalized spacial score (nSPS) is 16.4. The predicted molar refractivity (Wildman–Crippen MR) is 89.2 cm³/mol. The van der Waals surface area contributed by atoms with Crippen LogP contribution in [-0.4, -0.2) is 28.7 Å². The average molecular weight is 339 g/mol. The average Bonchev–Trinajstić information content (AvgIpc) is 3.31. The van der Waals surface area contributed by atoms with Gasteiger partial charge in [0.15, 0.2) is 5.76 Å². The minimum absolute atomic E-state index is 0.000925. The van der Waals surface area contributed by atoms with Crippen molar-refractivity contribution in [1.82, 2.24) is 10.1 Å². The molecule has 1 aliphatic heterocycles. The first-order valence-electron chi connectivity index (χ1n) is 8.13. The van der Waals surface area contributed by atoms with Crippen LogP contribution in [0, 0.1) is 0 Å². The third-order valence-electron chi connectivity index (χ3n) is 4.08. The Kier molecular flexibility index (Phi) is 3.97. The smallest absolute Gasteiger partial charge is 0.238 e. The molecule has 7 nitrogen and oxygen atoms in total. The first kappa shape index (κ1) is 15.4. The third kappa shape index (κ3) is 3.00. The van der Waals surface area contributed by atoms with Crippen molar-refractivity contribution in [2.75, 3.05) is 11.5 Å². The van der Waals surface area contributed by atoms with E-state index >= 15 is 0 Å². The van der Waals surface area contributed by atoms with E-state index in [-0.39, 0.29) is 18.4 Å². The first-order chi connectivity index (χ1) is 12.2. The van der Waals surface area contributed by atoms with E-state index in [9.17, 15) is 4.79 Å². The summed E-state index contributed by atoms with van der Waals surface area (Å²) in [7, 11) is 0. The monoisotopic (exact) mass is 339 g/mol. The molecular weight excluding hydrogens is 322 g/mol. The van der Waals surface area contributed by atoms with Crippen molar-refractivity contribution < 1.29 is 18.5 Å². The molecule has 0 unspecified atom stereocenters. The van der Waals surface area contributed by atoms with Crippen molar-refractivity contribution in [1.29, 1.82) is 0 Å². The molecule has 25 heavy (non-hydrogen) atoms. The summed E-state index contributed by atoms with van der Waals surface area (Å²) >= 11 is 0. The Labute approximate surface area is 144 Å². The Balaban J connectivity index is 1.46. The number of fused-ring (bicyclic) bond motifs is 1. The van der Waals surface area contributed by atoms with Crippen LogP contribution < -0.4 is 9.64 Å². The number of hydrogen-bond acceptors (Lipinski definition) is 6. The Morgan fingerprint density at radius 1 is 1.28 bits per heavy atom. The third-order valence-corrected chi connectivity index (χ3v) is 4.08. The van der Waals surface area contributed by atoms with E-state index in [0.717, 1.165) is 11.4 Å². The van der Waals surface area contributed by atoms with Crippen LogP contribution >= 0.6 is 0 Å². The molecular formula is C18H17N3O4. The lowest BCUT2D eigenvalue weighted by atomic mass is 10.1. The van der Waals surface area contributed by atoms with Crippen LogP contribution in [0.25, 0.3) is 11.6 Å². The van der Waals surface area contributed by atoms with Crippen LogP contribution in [0.4, 0.5) is 5.69 Å². The van der Waals surface area contributed by atoms with Gasteiger partial charge in [-0.15, -0.1) is 0 Å². The van der Waals surface area contributed by atoms with Gasteiger partial charge in [0.2, 0.25) is 17.6 Å². The second-order valence-corrected chi connectivity index (χ2v) is 5.88. The highest BCUT2D eigenvalue weighted by atomic mass is 16.5. The zero-order chi connectivity index (χ0) is 17.2. The molecule has 0 bridgehead atoms. The van der Waals surface area contributed by atoms with Gasteiger partial charge in [-0.3, -0.25) is 4.79 Å². The van der Waals surface area contributed by atoms with Gasteiger partial charge in [0.05, 0.1) is 18.0 Å². The van der Waals surface area contributed by atoms with Crippen LogP contribution in [0.15, 0.2) is 51.6 Å². The topological polar surface area (TPSA) is 81.6 Å². The Bertz CT molecular complexity index is 872. The number of furan rings is 1. The first-order valence-corrected chi connectivity index (χ1v) is 8.13. The van der Waals surface area contributed by atoms with Crippen molar-refractivity contribution in [2.24, 2.45) is 0 Å². The van der Waals surface area contributed by atoms with Gasteiger partial charge in [-0.2, -0.15) is 4.98 Å². The maximum absolute atomic E-state index is 12.7. The van der Waals surface area contributed by atoms with Gasteiger partial charge in [-0.25, -0.2) is 0 Å². The molecule has 1 atom stereocenters. The zero-order valence-corrected chi connectivity index (χ0v) is 13.7. The van der Waals surface area contributed by atoms with E-state index in [1.165, 1.54) is 0 Å². The number of benzene rings is 1. The van der Waals surface area contributed by atoms with E-state index in [1.54, 1.807) is 23.3 Å². The van der Waals surface area contributed by atoms with Crippen molar-refractivity contribution in [3.05, 3.63) is 48.6 Å². The quantitative estimate of drug-likeness (QED) is 0.726. The largest absolute Gasteiger partial charge is 0.489 e. The van der Waals surface area contributed by atoms with Crippen LogP contribution in [0.5, 0.6) is 5.75 Å². The maximum Gasteiger partial charge on any atom is 0.238 e. The fourth-order valence-electron chi connectivity index (χ4n) is 2.88. The molecule has 0 saturated carbocycles. The summed E-state index contributed by atoms with van der Waals surface area (Å²) < 4.78 is 16.1. The van der Waals surface area contributed by atoms with E-state index in [4.69, 9.17) is 13.7 Å². The molecule has 1 aromatic carbocycles. The number of anilines is 1. The SMILES string of the molecule is C[C@@H]1COc2ccccc2N1C(=O)CCc1nc(-c2ccco2)no1. The summed E-state index contributed by atoms with van der Waals surface area (Å²) in [5, 5.41) is 3.88. The number of carbonyl (C=O) groups is 1. The van der Waals surface area contributed by atoms with Crippen LogP contribution in [-0.2, 0) is 11.2 Å². The van der Waals surface area contributed by atoms with Crippen molar-refractivity contribution >= 4 is 11.6 Å². The summed E-state index contributed by atoms with van der Waals surface area (Å²) in [6.45, 7) is 2.45. The number of aryl methyl sites for hydroxylation is 1. The van der Waals surface area contributed by atoms with Gasteiger partial charge < -0.3 is 18.6 Å². The van der Waals surface area contributed by atoms with Crippen molar-refractivity contribution in [2.45, 2.75) is 25.8 Å². The van der Waals surface area contributed by atoms with E-state index in [1.807, 2.05) is 31.2 Å². The number of aromatic nitrogens is 2. The molecule has 128 valence electrons. The number of carbonyl (C=O) groups excluding carboxylic acids is 1. The van der Waals surface area contributed by atoms with E-state index in [2.05, 4.69) is 10.1 Å². The molecule has 0 spiro atoms. The molecule has 0 radical (unpaired) electrons. The fraction of sp³-hybridized carbons (Fsp3) is 0.278. The van der Waals surface area contributed by atoms with Gasteiger partial charge in [-0.05, 0) is 31.2 Å².